The molecule has 0 bridgehead atoms. The van der Waals surface area contributed by atoms with Crippen molar-refractivity contribution in [3.05, 3.63) is 106 Å². The molecule has 3 rings (SSSR count). The molecule has 5 nitrogen and oxygen atoms in total. The summed E-state index contributed by atoms with van der Waals surface area (Å²) in [6.45, 7) is 0. The maximum atomic E-state index is 12.5. The van der Waals surface area contributed by atoms with Crippen molar-refractivity contribution in [1.82, 2.24) is 10.7 Å². The Kier molecular flexibility index (Phi) is 7.26. The lowest BCUT2D eigenvalue weighted by atomic mass is 10.2. The van der Waals surface area contributed by atoms with E-state index in [2.05, 4.69) is 15.8 Å². The van der Waals surface area contributed by atoms with E-state index in [-0.39, 0.29) is 11.6 Å². The second kappa shape index (κ2) is 10.5. The van der Waals surface area contributed by atoms with Gasteiger partial charge in [-0.05, 0) is 41.3 Å². The molecule has 2 amide bonds. The molecule has 0 spiro atoms. The lowest BCUT2D eigenvalue weighted by molar-refractivity contribution is -0.117. The first-order chi connectivity index (χ1) is 14.2. The second-order valence-corrected chi connectivity index (χ2v) is 6.86. The Balaban J connectivity index is 1.67. The zero-order chi connectivity index (χ0) is 20.3. The van der Waals surface area contributed by atoms with Crippen LogP contribution in [0.5, 0.6) is 0 Å². The summed E-state index contributed by atoms with van der Waals surface area (Å²) in [5.41, 5.74) is 4.05. The van der Waals surface area contributed by atoms with Crippen molar-refractivity contribution in [3.8, 4) is 0 Å². The fourth-order valence-corrected chi connectivity index (χ4v) is 3.03. The van der Waals surface area contributed by atoms with Crippen molar-refractivity contribution in [2.75, 3.05) is 0 Å². The van der Waals surface area contributed by atoms with Crippen molar-refractivity contribution < 1.29 is 9.59 Å². The van der Waals surface area contributed by atoms with Gasteiger partial charge in [-0.15, -0.1) is 11.3 Å². The molecule has 144 valence electrons. The van der Waals surface area contributed by atoms with Crippen LogP contribution in [0.4, 0.5) is 0 Å². The smallest absolute Gasteiger partial charge is 0.287 e. The number of nitrogens with zero attached hydrogens (tertiary/aromatic N) is 1. The highest BCUT2D eigenvalue weighted by molar-refractivity contribution is 7.10. The van der Waals surface area contributed by atoms with Crippen LogP contribution in [-0.4, -0.2) is 18.0 Å². The SMILES string of the molecule is O=C(N/N=C\C=C\c1ccccc1)/C(=C/c1cccs1)NC(=O)c1ccccc1. The third-order valence-corrected chi connectivity index (χ3v) is 4.59. The van der Waals surface area contributed by atoms with Crippen LogP contribution in [0, 0.1) is 0 Å². The molecule has 0 unspecified atom stereocenters. The number of carbonyl (C=O) groups excluding carboxylic acids is 2. The largest absolute Gasteiger partial charge is 0.317 e. The molecule has 2 N–H and O–H groups in total. The fourth-order valence-electron chi connectivity index (χ4n) is 2.38. The Morgan fingerprint density at radius 3 is 2.31 bits per heavy atom. The first-order valence-corrected chi connectivity index (χ1v) is 9.77. The van der Waals surface area contributed by atoms with Gasteiger partial charge >= 0.3 is 0 Å². The normalized spacial score (nSPS) is 11.7. The number of carbonyl (C=O) groups is 2. The van der Waals surface area contributed by atoms with E-state index in [1.807, 2.05) is 60.0 Å². The van der Waals surface area contributed by atoms with E-state index in [9.17, 15) is 9.59 Å². The fraction of sp³-hybridized carbons (Fsp3) is 0. The predicted octanol–water partition coefficient (Wildman–Crippen LogP) is 4.33. The summed E-state index contributed by atoms with van der Waals surface area (Å²) in [4.78, 5) is 25.8. The number of rotatable bonds is 7. The highest BCUT2D eigenvalue weighted by atomic mass is 32.1. The van der Waals surface area contributed by atoms with Crippen LogP contribution in [0.3, 0.4) is 0 Å². The number of hydrogen-bond donors (Lipinski definition) is 2. The number of thiophene rings is 1. The molecule has 29 heavy (non-hydrogen) atoms. The monoisotopic (exact) mass is 401 g/mol. The van der Waals surface area contributed by atoms with Crippen LogP contribution in [-0.2, 0) is 4.79 Å². The van der Waals surface area contributed by atoms with Gasteiger partial charge in [-0.1, -0.05) is 60.7 Å². The van der Waals surface area contributed by atoms with E-state index in [1.54, 1.807) is 36.4 Å². The van der Waals surface area contributed by atoms with E-state index in [4.69, 9.17) is 0 Å². The summed E-state index contributed by atoms with van der Waals surface area (Å²) < 4.78 is 0. The van der Waals surface area contributed by atoms with Gasteiger partial charge in [0, 0.05) is 16.7 Å². The number of amides is 2. The van der Waals surface area contributed by atoms with Crippen LogP contribution in [0.25, 0.3) is 12.2 Å². The van der Waals surface area contributed by atoms with Crippen LogP contribution in [0.15, 0.2) is 95.1 Å². The van der Waals surface area contributed by atoms with Gasteiger partial charge in [0.2, 0.25) is 0 Å². The van der Waals surface area contributed by atoms with Crippen LogP contribution >= 0.6 is 11.3 Å². The maximum absolute atomic E-state index is 12.5. The summed E-state index contributed by atoms with van der Waals surface area (Å²) in [5.74, 6) is -0.872. The molecule has 0 radical (unpaired) electrons. The summed E-state index contributed by atoms with van der Waals surface area (Å²) in [6, 6.07) is 22.2. The molecule has 6 heteroatoms. The highest BCUT2D eigenvalue weighted by Gasteiger charge is 2.14. The average molecular weight is 401 g/mol. The van der Waals surface area contributed by atoms with Gasteiger partial charge in [-0.25, -0.2) is 5.43 Å². The number of benzene rings is 2. The first-order valence-electron chi connectivity index (χ1n) is 8.89. The Labute approximate surface area is 173 Å². The lowest BCUT2D eigenvalue weighted by Crippen LogP contribution is -2.32. The van der Waals surface area contributed by atoms with E-state index in [1.165, 1.54) is 17.6 Å². The second-order valence-electron chi connectivity index (χ2n) is 5.88. The van der Waals surface area contributed by atoms with E-state index >= 15 is 0 Å². The van der Waals surface area contributed by atoms with Crippen LogP contribution in [0.1, 0.15) is 20.8 Å². The van der Waals surface area contributed by atoms with E-state index in [0.29, 0.717) is 5.56 Å². The van der Waals surface area contributed by atoms with Gasteiger partial charge in [-0.2, -0.15) is 5.10 Å². The predicted molar refractivity (Wildman–Crippen MR) is 118 cm³/mol. The minimum atomic E-state index is -0.507. The lowest BCUT2D eigenvalue weighted by Gasteiger charge is -2.08. The Morgan fingerprint density at radius 1 is 0.897 bits per heavy atom. The van der Waals surface area contributed by atoms with Gasteiger partial charge in [0.15, 0.2) is 0 Å². The van der Waals surface area contributed by atoms with Gasteiger partial charge in [-0.3, -0.25) is 9.59 Å². The molecule has 0 saturated heterocycles. The minimum absolute atomic E-state index is 0.116. The molecular weight excluding hydrogens is 382 g/mol. The zero-order valence-corrected chi connectivity index (χ0v) is 16.3. The molecule has 1 aromatic heterocycles. The minimum Gasteiger partial charge on any atom is -0.317 e. The van der Waals surface area contributed by atoms with Crippen molar-refractivity contribution in [3.63, 3.8) is 0 Å². The standard InChI is InChI=1S/C23H19N3O2S/c27-22(19-12-5-2-6-13-19)25-21(17-20-14-8-16-29-20)23(28)26-24-15-7-11-18-9-3-1-4-10-18/h1-17H,(H,25,27)(H,26,28)/b11-7+,21-17-,24-15-. The summed E-state index contributed by atoms with van der Waals surface area (Å²) in [5, 5.41) is 8.48. The topological polar surface area (TPSA) is 70.6 Å². The molecule has 0 saturated carbocycles. The number of hydrazone groups is 1. The quantitative estimate of drug-likeness (QED) is 0.351. The Hall–Kier alpha value is -3.77. The third kappa shape index (κ3) is 6.41. The van der Waals surface area contributed by atoms with E-state index in [0.717, 1.165) is 10.4 Å². The van der Waals surface area contributed by atoms with Gasteiger partial charge < -0.3 is 5.32 Å². The van der Waals surface area contributed by atoms with Crippen molar-refractivity contribution in [2.24, 2.45) is 5.10 Å². The molecule has 3 aromatic rings. The number of allylic oxidation sites excluding steroid dienone is 1. The number of hydrogen-bond acceptors (Lipinski definition) is 4. The molecule has 0 aliphatic heterocycles. The molecule has 0 aliphatic carbocycles. The molecule has 0 fully saturated rings. The first kappa shape index (κ1) is 20.0. The van der Waals surface area contributed by atoms with Crippen molar-refractivity contribution in [1.29, 1.82) is 0 Å². The van der Waals surface area contributed by atoms with Crippen LogP contribution < -0.4 is 10.7 Å². The molecule has 0 aliphatic rings. The molecule has 1 heterocycles. The Bertz CT molecular complexity index is 1020. The Morgan fingerprint density at radius 2 is 1.62 bits per heavy atom. The average Bonchev–Trinajstić information content (AvgIpc) is 3.27. The molecular formula is C23H19N3O2S. The summed E-state index contributed by atoms with van der Waals surface area (Å²) >= 11 is 1.46. The van der Waals surface area contributed by atoms with E-state index < -0.39 is 5.91 Å². The highest BCUT2D eigenvalue weighted by Crippen LogP contribution is 2.13. The van der Waals surface area contributed by atoms with Crippen molar-refractivity contribution >= 4 is 41.5 Å². The zero-order valence-electron chi connectivity index (χ0n) is 15.5. The van der Waals surface area contributed by atoms with Crippen molar-refractivity contribution in [2.45, 2.75) is 0 Å². The summed E-state index contributed by atoms with van der Waals surface area (Å²) in [6.07, 6.45) is 6.69. The van der Waals surface area contributed by atoms with Crippen LogP contribution in [0.2, 0.25) is 0 Å². The van der Waals surface area contributed by atoms with Gasteiger partial charge in [0.05, 0.1) is 0 Å². The molecule has 2 aromatic carbocycles. The summed E-state index contributed by atoms with van der Waals surface area (Å²) in [7, 11) is 0. The molecule has 0 atom stereocenters. The maximum Gasteiger partial charge on any atom is 0.287 e. The number of nitrogens with one attached hydrogen (secondary N) is 2. The van der Waals surface area contributed by atoms with Gasteiger partial charge in [0.1, 0.15) is 5.70 Å². The van der Waals surface area contributed by atoms with Gasteiger partial charge in [0.25, 0.3) is 11.8 Å². The third-order valence-electron chi connectivity index (χ3n) is 3.77.